The number of carbonyl (C=O) groups excluding carboxylic acids is 1. The van der Waals surface area contributed by atoms with Gasteiger partial charge in [0, 0.05) is 10.5 Å². The molecule has 1 aromatic carbocycles. The van der Waals surface area contributed by atoms with Crippen molar-refractivity contribution in [3.63, 3.8) is 0 Å². The minimum atomic E-state index is -0.543. The molecule has 0 saturated carbocycles. The van der Waals surface area contributed by atoms with E-state index in [1.807, 2.05) is 39.0 Å². The molecule has 0 aliphatic rings. The summed E-state index contributed by atoms with van der Waals surface area (Å²) in [5.74, 6) is 1.67. The van der Waals surface area contributed by atoms with Crippen molar-refractivity contribution in [3.8, 4) is 17.1 Å². The van der Waals surface area contributed by atoms with E-state index in [-0.39, 0.29) is 6.04 Å². The molecule has 0 aliphatic carbocycles. The van der Waals surface area contributed by atoms with Crippen molar-refractivity contribution in [1.82, 2.24) is 10.5 Å². The number of ether oxygens (including phenoxy) is 2. The van der Waals surface area contributed by atoms with E-state index in [1.165, 1.54) is 0 Å². The molecule has 0 radical (unpaired) electrons. The highest BCUT2D eigenvalue weighted by atomic mass is 79.9. The number of rotatable bonds is 7. The lowest BCUT2D eigenvalue weighted by Crippen LogP contribution is -2.42. The number of hydrogen-bond acceptors (Lipinski definition) is 5. The lowest BCUT2D eigenvalue weighted by molar-refractivity contribution is 0.0480. The van der Waals surface area contributed by atoms with Crippen molar-refractivity contribution < 1.29 is 18.8 Å². The standard InChI is InChI=1S/C20H27BrN2O4/c1-13(2)10-15(23-19(24)26-20(3,4)5)12-25-17-7-6-14(21)11-16(17)18-8-9-22-27-18/h6-9,11,13,15H,10,12H2,1-5H3,(H,23,24)/t15-/m0/s1. The highest BCUT2D eigenvalue weighted by Gasteiger charge is 2.21. The van der Waals surface area contributed by atoms with Crippen LogP contribution in [0.15, 0.2) is 39.5 Å². The first-order valence-corrected chi connectivity index (χ1v) is 9.76. The van der Waals surface area contributed by atoms with Gasteiger partial charge in [0.25, 0.3) is 0 Å². The number of nitrogens with zero attached hydrogens (tertiary/aromatic N) is 1. The molecule has 0 unspecified atom stereocenters. The van der Waals surface area contributed by atoms with Crippen molar-refractivity contribution in [2.45, 2.75) is 52.7 Å². The number of amides is 1. The van der Waals surface area contributed by atoms with E-state index in [0.29, 0.717) is 24.0 Å². The van der Waals surface area contributed by atoms with Gasteiger partial charge in [-0.1, -0.05) is 34.9 Å². The predicted molar refractivity (Wildman–Crippen MR) is 108 cm³/mol. The van der Waals surface area contributed by atoms with Crippen molar-refractivity contribution in [1.29, 1.82) is 0 Å². The Morgan fingerprint density at radius 1 is 1.30 bits per heavy atom. The molecule has 0 bridgehead atoms. The minimum absolute atomic E-state index is 0.175. The zero-order valence-electron chi connectivity index (χ0n) is 16.4. The van der Waals surface area contributed by atoms with E-state index in [1.54, 1.807) is 12.3 Å². The second-order valence-electron chi connectivity index (χ2n) is 7.80. The maximum absolute atomic E-state index is 12.1. The van der Waals surface area contributed by atoms with Crippen LogP contribution in [0.25, 0.3) is 11.3 Å². The van der Waals surface area contributed by atoms with Crippen LogP contribution in [0.3, 0.4) is 0 Å². The SMILES string of the molecule is CC(C)C[C@@H](COc1ccc(Br)cc1-c1ccno1)NC(=O)OC(C)(C)C. The van der Waals surface area contributed by atoms with Gasteiger partial charge >= 0.3 is 6.09 Å². The van der Waals surface area contributed by atoms with Crippen LogP contribution in [0.5, 0.6) is 5.75 Å². The topological polar surface area (TPSA) is 73.6 Å². The lowest BCUT2D eigenvalue weighted by Gasteiger charge is -2.25. The molecular weight excluding hydrogens is 412 g/mol. The highest BCUT2D eigenvalue weighted by molar-refractivity contribution is 9.10. The normalized spacial score (nSPS) is 12.7. The van der Waals surface area contributed by atoms with Crippen LogP contribution >= 0.6 is 15.9 Å². The molecular formula is C20H27BrN2O4. The number of nitrogens with one attached hydrogen (secondary N) is 1. The third-order valence-corrected chi connectivity index (χ3v) is 4.05. The predicted octanol–water partition coefficient (Wildman–Crippen LogP) is 5.42. The molecule has 1 amide bonds. The van der Waals surface area contributed by atoms with Gasteiger partial charge in [0.1, 0.15) is 18.0 Å². The monoisotopic (exact) mass is 438 g/mol. The quantitative estimate of drug-likeness (QED) is 0.624. The Bertz CT molecular complexity index is 739. The summed E-state index contributed by atoms with van der Waals surface area (Å²) in [6.45, 7) is 10.0. The van der Waals surface area contributed by atoms with E-state index >= 15 is 0 Å². The Balaban J connectivity index is 2.09. The van der Waals surface area contributed by atoms with Gasteiger partial charge in [-0.15, -0.1) is 0 Å². The maximum atomic E-state index is 12.1. The summed E-state index contributed by atoms with van der Waals surface area (Å²) in [6.07, 6.45) is 1.92. The molecule has 148 valence electrons. The molecule has 7 heteroatoms. The Morgan fingerprint density at radius 2 is 2.04 bits per heavy atom. The molecule has 0 saturated heterocycles. The average molecular weight is 439 g/mol. The number of halogens is 1. The number of hydrogen-bond donors (Lipinski definition) is 1. The number of carbonyl (C=O) groups is 1. The van der Waals surface area contributed by atoms with Gasteiger partial charge in [-0.2, -0.15) is 0 Å². The summed E-state index contributed by atoms with van der Waals surface area (Å²) < 4.78 is 17.6. The van der Waals surface area contributed by atoms with Gasteiger partial charge in [0.2, 0.25) is 0 Å². The van der Waals surface area contributed by atoms with Gasteiger partial charge in [-0.05, 0) is 51.3 Å². The van der Waals surface area contributed by atoms with Gasteiger partial charge in [0.05, 0.1) is 17.8 Å². The van der Waals surface area contributed by atoms with Crippen LogP contribution < -0.4 is 10.1 Å². The van der Waals surface area contributed by atoms with Gasteiger partial charge in [0.15, 0.2) is 5.76 Å². The smallest absolute Gasteiger partial charge is 0.407 e. The molecule has 0 spiro atoms. The molecule has 6 nitrogen and oxygen atoms in total. The van der Waals surface area contributed by atoms with Crippen molar-refractivity contribution >= 4 is 22.0 Å². The Hall–Kier alpha value is -2.02. The van der Waals surface area contributed by atoms with Crippen LogP contribution in [0, 0.1) is 5.92 Å². The van der Waals surface area contributed by atoms with Crippen LogP contribution in [-0.4, -0.2) is 29.5 Å². The largest absolute Gasteiger partial charge is 0.491 e. The van der Waals surface area contributed by atoms with Gasteiger partial charge in [-0.25, -0.2) is 4.79 Å². The third kappa shape index (κ3) is 7.25. The molecule has 0 fully saturated rings. The second kappa shape index (κ2) is 9.26. The fraction of sp³-hybridized carbons (Fsp3) is 0.500. The van der Waals surface area contributed by atoms with Crippen LogP contribution in [0.4, 0.5) is 4.79 Å². The number of aromatic nitrogens is 1. The molecule has 1 atom stereocenters. The Kier molecular flexibility index (Phi) is 7.30. The fourth-order valence-corrected chi connectivity index (χ4v) is 2.94. The van der Waals surface area contributed by atoms with E-state index in [4.69, 9.17) is 14.0 Å². The van der Waals surface area contributed by atoms with Crippen LogP contribution in [-0.2, 0) is 4.74 Å². The van der Waals surface area contributed by atoms with Gasteiger partial charge < -0.3 is 19.3 Å². The zero-order chi connectivity index (χ0) is 20.0. The number of benzene rings is 1. The fourth-order valence-electron chi connectivity index (χ4n) is 2.58. The molecule has 1 heterocycles. The summed E-state index contributed by atoms with van der Waals surface area (Å²) in [7, 11) is 0. The molecule has 27 heavy (non-hydrogen) atoms. The minimum Gasteiger partial charge on any atom is -0.491 e. The number of alkyl carbamates (subject to hydrolysis) is 1. The molecule has 1 N–H and O–H groups in total. The maximum Gasteiger partial charge on any atom is 0.407 e. The van der Waals surface area contributed by atoms with Crippen LogP contribution in [0.1, 0.15) is 41.0 Å². The Labute approximate surface area is 168 Å². The van der Waals surface area contributed by atoms with Crippen molar-refractivity contribution in [3.05, 3.63) is 34.9 Å². The first-order valence-electron chi connectivity index (χ1n) is 8.97. The third-order valence-electron chi connectivity index (χ3n) is 3.56. The van der Waals surface area contributed by atoms with E-state index < -0.39 is 11.7 Å². The summed E-state index contributed by atoms with van der Waals surface area (Å²) in [6, 6.07) is 7.27. The Morgan fingerprint density at radius 3 is 2.63 bits per heavy atom. The lowest BCUT2D eigenvalue weighted by atomic mass is 10.0. The molecule has 1 aromatic heterocycles. The summed E-state index contributed by atoms with van der Waals surface area (Å²) in [5, 5.41) is 6.67. The van der Waals surface area contributed by atoms with E-state index in [9.17, 15) is 4.79 Å². The van der Waals surface area contributed by atoms with Crippen LogP contribution in [0.2, 0.25) is 0 Å². The van der Waals surface area contributed by atoms with Crippen molar-refractivity contribution in [2.24, 2.45) is 5.92 Å². The summed E-state index contributed by atoms with van der Waals surface area (Å²) in [4.78, 5) is 12.1. The first kappa shape index (κ1) is 21.3. The van der Waals surface area contributed by atoms with Crippen molar-refractivity contribution in [2.75, 3.05) is 6.61 Å². The van der Waals surface area contributed by atoms with E-state index in [2.05, 4.69) is 40.3 Å². The zero-order valence-corrected chi connectivity index (χ0v) is 18.0. The van der Waals surface area contributed by atoms with E-state index in [0.717, 1.165) is 16.5 Å². The summed E-state index contributed by atoms with van der Waals surface area (Å²) >= 11 is 3.46. The molecule has 2 rings (SSSR count). The molecule has 2 aromatic rings. The highest BCUT2D eigenvalue weighted by Crippen LogP contribution is 2.32. The van der Waals surface area contributed by atoms with Gasteiger partial charge in [-0.3, -0.25) is 0 Å². The average Bonchev–Trinajstić information content (AvgIpc) is 3.05. The second-order valence-corrected chi connectivity index (χ2v) is 8.72. The first-order chi connectivity index (χ1) is 12.6. The summed E-state index contributed by atoms with van der Waals surface area (Å²) in [5.41, 5.74) is 0.251. The molecule has 0 aliphatic heterocycles.